The third-order valence-electron chi connectivity index (χ3n) is 3.16. The van der Waals surface area contributed by atoms with Gasteiger partial charge in [0.05, 0.1) is 4.92 Å². The van der Waals surface area contributed by atoms with E-state index >= 15 is 0 Å². The Morgan fingerprint density at radius 1 is 1.12 bits per heavy atom. The maximum Gasteiger partial charge on any atom is 0.408 e. The van der Waals surface area contributed by atoms with Crippen LogP contribution in [0, 0.1) is 10.1 Å². The van der Waals surface area contributed by atoms with Crippen LogP contribution in [-0.2, 0) is 16.1 Å². The Balaban J connectivity index is 1.94. The molecule has 8 nitrogen and oxygen atoms in total. The Hall–Kier alpha value is -3.42. The lowest BCUT2D eigenvalue weighted by Crippen LogP contribution is -2.34. The molecule has 124 valence electrons. The van der Waals surface area contributed by atoms with Crippen LogP contribution in [0.4, 0.5) is 10.5 Å². The van der Waals surface area contributed by atoms with Crippen LogP contribution in [0.2, 0.25) is 0 Å². The van der Waals surface area contributed by atoms with Crippen molar-refractivity contribution in [3.63, 3.8) is 0 Å². The molecule has 1 atom stereocenters. The minimum Gasteiger partial charge on any atom is -0.479 e. The van der Waals surface area contributed by atoms with Gasteiger partial charge in [-0.3, -0.25) is 10.1 Å². The van der Waals surface area contributed by atoms with E-state index in [4.69, 9.17) is 4.74 Å². The Morgan fingerprint density at radius 3 is 2.29 bits per heavy atom. The molecular weight excluding hydrogens is 316 g/mol. The summed E-state index contributed by atoms with van der Waals surface area (Å²) in [6.45, 7) is -0.134. The van der Waals surface area contributed by atoms with Crippen LogP contribution in [0.1, 0.15) is 17.2 Å². The zero-order chi connectivity index (χ0) is 17.5. The summed E-state index contributed by atoms with van der Waals surface area (Å²) in [7, 11) is 0. The molecule has 24 heavy (non-hydrogen) atoms. The van der Waals surface area contributed by atoms with Gasteiger partial charge in [0.15, 0.2) is 6.04 Å². The number of amides is 1. The molecular formula is C16H14N2O6. The summed E-state index contributed by atoms with van der Waals surface area (Å²) in [5, 5.41) is 22.0. The number of rotatable bonds is 6. The molecule has 0 spiro atoms. The smallest absolute Gasteiger partial charge is 0.408 e. The second-order valence-corrected chi connectivity index (χ2v) is 4.83. The zero-order valence-electron chi connectivity index (χ0n) is 12.4. The van der Waals surface area contributed by atoms with Crippen molar-refractivity contribution in [3.8, 4) is 0 Å². The van der Waals surface area contributed by atoms with Crippen molar-refractivity contribution in [3.05, 3.63) is 75.8 Å². The third-order valence-corrected chi connectivity index (χ3v) is 3.16. The first-order valence-corrected chi connectivity index (χ1v) is 6.92. The summed E-state index contributed by atoms with van der Waals surface area (Å²) in [6, 6.07) is 12.5. The molecule has 1 amide bonds. The van der Waals surface area contributed by atoms with E-state index in [-0.39, 0.29) is 12.3 Å². The average molecular weight is 330 g/mol. The van der Waals surface area contributed by atoms with Crippen LogP contribution in [0.3, 0.4) is 0 Å². The molecule has 2 aromatic rings. The lowest BCUT2D eigenvalue weighted by Gasteiger charge is -2.14. The van der Waals surface area contributed by atoms with Gasteiger partial charge in [0.2, 0.25) is 0 Å². The van der Waals surface area contributed by atoms with Crippen molar-refractivity contribution in [1.82, 2.24) is 5.32 Å². The van der Waals surface area contributed by atoms with Crippen molar-refractivity contribution in [2.75, 3.05) is 0 Å². The van der Waals surface area contributed by atoms with Gasteiger partial charge in [-0.2, -0.15) is 0 Å². The standard InChI is InChI=1S/C16H14N2O6/c19-15(20)14(12-4-2-1-3-5-12)17-16(21)24-10-11-6-8-13(9-7-11)18(22)23/h1-9,14H,10H2,(H,17,21)(H,19,20). The molecule has 0 aliphatic carbocycles. The van der Waals surface area contributed by atoms with Crippen molar-refractivity contribution in [2.24, 2.45) is 0 Å². The van der Waals surface area contributed by atoms with Crippen LogP contribution in [0.25, 0.3) is 0 Å². The number of benzene rings is 2. The van der Waals surface area contributed by atoms with Crippen LogP contribution in [0.5, 0.6) is 0 Å². The normalized spacial score (nSPS) is 11.3. The predicted octanol–water partition coefficient (Wildman–Crippen LogP) is 2.65. The summed E-state index contributed by atoms with van der Waals surface area (Å²) in [4.78, 5) is 33.1. The number of hydrogen-bond donors (Lipinski definition) is 2. The van der Waals surface area contributed by atoms with Gasteiger partial charge in [-0.15, -0.1) is 0 Å². The van der Waals surface area contributed by atoms with E-state index < -0.39 is 23.0 Å². The van der Waals surface area contributed by atoms with Crippen LogP contribution < -0.4 is 5.32 Å². The van der Waals surface area contributed by atoms with E-state index in [1.165, 1.54) is 24.3 Å². The highest BCUT2D eigenvalue weighted by atomic mass is 16.6. The van der Waals surface area contributed by atoms with Crippen molar-refractivity contribution < 1.29 is 24.4 Å². The maximum atomic E-state index is 11.8. The number of alkyl carbamates (subject to hydrolysis) is 1. The van der Waals surface area contributed by atoms with Crippen molar-refractivity contribution >= 4 is 17.7 Å². The fraction of sp³-hybridized carbons (Fsp3) is 0.125. The molecule has 0 heterocycles. The highest BCUT2D eigenvalue weighted by molar-refractivity contribution is 5.81. The molecule has 2 rings (SSSR count). The molecule has 0 radical (unpaired) electrons. The van der Waals surface area contributed by atoms with Gasteiger partial charge in [0.25, 0.3) is 5.69 Å². The summed E-state index contributed by atoms with van der Waals surface area (Å²) in [5.74, 6) is -1.21. The summed E-state index contributed by atoms with van der Waals surface area (Å²) < 4.78 is 4.95. The highest BCUT2D eigenvalue weighted by Crippen LogP contribution is 2.14. The minimum absolute atomic E-state index is 0.0711. The molecule has 0 fully saturated rings. The quantitative estimate of drug-likeness (QED) is 0.621. The fourth-order valence-corrected chi connectivity index (χ4v) is 1.96. The van der Waals surface area contributed by atoms with Gasteiger partial charge < -0.3 is 15.2 Å². The topological polar surface area (TPSA) is 119 Å². The van der Waals surface area contributed by atoms with Gasteiger partial charge in [0.1, 0.15) is 6.61 Å². The van der Waals surface area contributed by atoms with Gasteiger partial charge in [0, 0.05) is 12.1 Å². The van der Waals surface area contributed by atoms with E-state index in [9.17, 15) is 24.8 Å². The second-order valence-electron chi connectivity index (χ2n) is 4.83. The molecule has 0 aliphatic heterocycles. The average Bonchev–Trinajstić information content (AvgIpc) is 2.58. The first-order valence-electron chi connectivity index (χ1n) is 6.92. The number of nitro groups is 1. The largest absolute Gasteiger partial charge is 0.479 e. The number of hydrogen-bond acceptors (Lipinski definition) is 5. The number of nitrogens with zero attached hydrogens (tertiary/aromatic N) is 1. The third kappa shape index (κ3) is 4.54. The lowest BCUT2D eigenvalue weighted by molar-refractivity contribution is -0.384. The van der Waals surface area contributed by atoms with E-state index in [0.29, 0.717) is 11.1 Å². The van der Waals surface area contributed by atoms with Crippen molar-refractivity contribution in [2.45, 2.75) is 12.6 Å². The monoisotopic (exact) mass is 330 g/mol. The number of carboxylic acids is 1. The highest BCUT2D eigenvalue weighted by Gasteiger charge is 2.22. The van der Waals surface area contributed by atoms with Crippen molar-refractivity contribution in [1.29, 1.82) is 0 Å². The van der Waals surface area contributed by atoms with E-state index in [2.05, 4.69) is 5.32 Å². The van der Waals surface area contributed by atoms with Crippen LogP contribution in [-0.4, -0.2) is 22.1 Å². The van der Waals surface area contributed by atoms with Crippen LogP contribution in [0.15, 0.2) is 54.6 Å². The number of nitrogens with one attached hydrogen (secondary N) is 1. The van der Waals surface area contributed by atoms with E-state index in [1.807, 2.05) is 0 Å². The SMILES string of the molecule is O=C(NC(C(=O)O)c1ccccc1)OCc1ccc([N+](=O)[O-])cc1. The van der Waals surface area contributed by atoms with Crippen LogP contribution >= 0.6 is 0 Å². The molecule has 0 bridgehead atoms. The predicted molar refractivity (Wildman–Crippen MR) is 83.2 cm³/mol. The van der Waals surface area contributed by atoms with Gasteiger partial charge in [-0.25, -0.2) is 9.59 Å². The number of carbonyl (C=O) groups is 2. The van der Waals surface area contributed by atoms with Gasteiger partial charge >= 0.3 is 12.1 Å². The number of nitro benzene ring substituents is 1. The summed E-state index contributed by atoms with van der Waals surface area (Å²) >= 11 is 0. The molecule has 0 saturated heterocycles. The molecule has 0 saturated carbocycles. The number of carboxylic acid groups (broad SMARTS) is 1. The van der Waals surface area contributed by atoms with Gasteiger partial charge in [-0.05, 0) is 23.3 Å². The lowest BCUT2D eigenvalue weighted by atomic mass is 10.1. The molecule has 1 unspecified atom stereocenters. The Morgan fingerprint density at radius 2 is 1.75 bits per heavy atom. The Kier molecular flexibility index (Phi) is 5.45. The molecule has 8 heteroatoms. The van der Waals surface area contributed by atoms with Gasteiger partial charge in [-0.1, -0.05) is 30.3 Å². The number of ether oxygens (including phenoxy) is 1. The molecule has 0 aliphatic rings. The first kappa shape index (κ1) is 16.9. The molecule has 2 N–H and O–H groups in total. The first-order chi connectivity index (χ1) is 11.5. The number of carbonyl (C=O) groups excluding carboxylic acids is 1. The summed E-state index contributed by atoms with van der Waals surface area (Å²) in [6.07, 6.45) is -0.899. The second kappa shape index (κ2) is 7.73. The maximum absolute atomic E-state index is 11.8. The number of aliphatic carboxylic acids is 1. The van der Waals surface area contributed by atoms with E-state index in [0.717, 1.165) is 0 Å². The minimum atomic E-state index is -1.23. The Labute approximate surface area is 136 Å². The number of non-ortho nitro benzene ring substituents is 1. The zero-order valence-corrected chi connectivity index (χ0v) is 12.4. The molecule has 0 aromatic heterocycles. The Bertz CT molecular complexity index is 730. The van der Waals surface area contributed by atoms with E-state index in [1.54, 1.807) is 30.3 Å². The fourth-order valence-electron chi connectivity index (χ4n) is 1.96. The summed E-state index contributed by atoms with van der Waals surface area (Å²) in [5.41, 5.74) is 0.887. The molecule has 2 aromatic carbocycles.